The Hall–Kier alpha value is -2.89. The molecule has 3 rings (SSSR count). The number of rotatable bonds is 5. The van der Waals surface area contributed by atoms with E-state index in [2.05, 4.69) is 25.2 Å². The first-order valence-corrected chi connectivity index (χ1v) is 7.18. The van der Waals surface area contributed by atoms with Crippen LogP contribution in [0.2, 0.25) is 0 Å². The van der Waals surface area contributed by atoms with E-state index in [9.17, 15) is 4.79 Å². The van der Waals surface area contributed by atoms with Crippen LogP contribution in [0.5, 0.6) is 0 Å². The maximum Gasteiger partial charge on any atom is 0.319 e. The van der Waals surface area contributed by atoms with Gasteiger partial charge in [0.1, 0.15) is 0 Å². The molecule has 0 fully saturated rings. The summed E-state index contributed by atoms with van der Waals surface area (Å²) in [4.78, 5) is 20.0. The first-order chi connectivity index (χ1) is 10.8. The van der Waals surface area contributed by atoms with Gasteiger partial charge in [0.15, 0.2) is 0 Å². The van der Waals surface area contributed by atoms with Gasteiger partial charge in [0, 0.05) is 31.2 Å². The maximum atomic E-state index is 11.7. The van der Waals surface area contributed by atoms with Gasteiger partial charge in [0.05, 0.1) is 17.4 Å². The van der Waals surface area contributed by atoms with Crippen molar-refractivity contribution in [2.45, 2.75) is 13.0 Å². The van der Waals surface area contributed by atoms with Gasteiger partial charge in [-0.05, 0) is 30.7 Å². The van der Waals surface area contributed by atoms with Crippen LogP contribution in [0.15, 0.2) is 55.1 Å². The Morgan fingerprint density at radius 1 is 1.14 bits per heavy atom. The van der Waals surface area contributed by atoms with Crippen LogP contribution in [-0.2, 0) is 6.54 Å². The van der Waals surface area contributed by atoms with Crippen molar-refractivity contribution in [2.75, 3.05) is 11.9 Å². The number of fused-ring (bicyclic) bond motifs is 1. The van der Waals surface area contributed by atoms with Crippen LogP contribution >= 0.6 is 0 Å². The number of benzene rings is 1. The molecule has 22 heavy (non-hydrogen) atoms. The van der Waals surface area contributed by atoms with E-state index < -0.39 is 0 Å². The molecule has 1 aromatic carbocycles. The molecule has 0 saturated carbocycles. The van der Waals surface area contributed by atoms with Gasteiger partial charge in [0.25, 0.3) is 0 Å². The number of anilines is 1. The zero-order chi connectivity index (χ0) is 15.2. The van der Waals surface area contributed by atoms with E-state index >= 15 is 0 Å². The van der Waals surface area contributed by atoms with Crippen molar-refractivity contribution >= 4 is 22.8 Å². The first kappa shape index (κ1) is 14.1. The van der Waals surface area contributed by atoms with Crippen molar-refractivity contribution in [3.05, 3.63) is 55.1 Å². The van der Waals surface area contributed by atoms with Crippen LogP contribution in [0, 0.1) is 0 Å². The molecule has 0 aliphatic carbocycles. The highest BCUT2D eigenvalue weighted by Crippen LogP contribution is 2.11. The summed E-state index contributed by atoms with van der Waals surface area (Å²) in [5.74, 6) is 0. The zero-order valence-electron chi connectivity index (χ0n) is 12.1. The van der Waals surface area contributed by atoms with Gasteiger partial charge in [-0.3, -0.25) is 4.98 Å². The summed E-state index contributed by atoms with van der Waals surface area (Å²) in [6.45, 7) is 1.42. The predicted octanol–water partition coefficient (Wildman–Crippen LogP) is 2.64. The molecule has 6 heteroatoms. The molecule has 3 aromatic rings. The third-order valence-corrected chi connectivity index (χ3v) is 3.33. The van der Waals surface area contributed by atoms with E-state index in [4.69, 9.17) is 0 Å². The molecule has 0 atom stereocenters. The maximum absolute atomic E-state index is 11.7. The molecular formula is C16H17N5O. The number of nitrogens with zero attached hydrogens (tertiary/aromatic N) is 3. The number of carbonyl (C=O) groups excluding carboxylic acids is 1. The largest absolute Gasteiger partial charge is 0.338 e. The van der Waals surface area contributed by atoms with E-state index in [1.807, 2.05) is 30.6 Å². The lowest BCUT2D eigenvalue weighted by atomic mass is 10.3. The van der Waals surface area contributed by atoms with Gasteiger partial charge in [-0.1, -0.05) is 12.1 Å². The van der Waals surface area contributed by atoms with E-state index in [0.29, 0.717) is 6.54 Å². The highest BCUT2D eigenvalue weighted by molar-refractivity contribution is 5.89. The second kappa shape index (κ2) is 6.71. The number of urea groups is 1. The van der Waals surface area contributed by atoms with Gasteiger partial charge < -0.3 is 15.2 Å². The fourth-order valence-electron chi connectivity index (χ4n) is 2.25. The SMILES string of the molecule is O=C(NCCCn1cnc2ccccc21)Nc1ccncc1. The smallest absolute Gasteiger partial charge is 0.319 e. The quantitative estimate of drug-likeness (QED) is 0.711. The summed E-state index contributed by atoms with van der Waals surface area (Å²) >= 11 is 0. The lowest BCUT2D eigenvalue weighted by Gasteiger charge is -2.08. The molecule has 112 valence electrons. The molecule has 6 nitrogen and oxygen atoms in total. The van der Waals surface area contributed by atoms with Crippen molar-refractivity contribution < 1.29 is 4.79 Å². The average molecular weight is 295 g/mol. The van der Waals surface area contributed by atoms with Crippen molar-refractivity contribution in [2.24, 2.45) is 0 Å². The van der Waals surface area contributed by atoms with Gasteiger partial charge in [-0.25, -0.2) is 9.78 Å². The molecule has 0 aliphatic heterocycles. The molecule has 0 bridgehead atoms. The summed E-state index contributed by atoms with van der Waals surface area (Å²) in [5, 5.41) is 5.59. The molecule has 0 aliphatic rings. The summed E-state index contributed by atoms with van der Waals surface area (Å²) in [7, 11) is 0. The van der Waals surface area contributed by atoms with Gasteiger partial charge in [0.2, 0.25) is 0 Å². The highest BCUT2D eigenvalue weighted by atomic mass is 16.2. The number of aryl methyl sites for hydroxylation is 1. The van der Waals surface area contributed by atoms with Crippen LogP contribution in [0.4, 0.5) is 10.5 Å². The van der Waals surface area contributed by atoms with Crippen molar-refractivity contribution in [3.8, 4) is 0 Å². The minimum Gasteiger partial charge on any atom is -0.338 e. The fourth-order valence-corrected chi connectivity index (χ4v) is 2.25. The summed E-state index contributed by atoms with van der Waals surface area (Å²) in [5.41, 5.74) is 2.84. The minimum absolute atomic E-state index is 0.207. The second-order valence-electron chi connectivity index (χ2n) is 4.90. The third kappa shape index (κ3) is 3.41. The first-order valence-electron chi connectivity index (χ1n) is 7.18. The number of nitrogens with one attached hydrogen (secondary N) is 2. The standard InChI is InChI=1S/C16H17N5O/c22-16(20-13-6-9-17-10-7-13)18-8-3-11-21-12-19-14-4-1-2-5-15(14)21/h1-2,4-7,9-10,12H,3,8,11H2,(H2,17,18,20,22). The Morgan fingerprint density at radius 2 is 1.95 bits per heavy atom. The Bertz CT molecular complexity index is 753. The van der Waals surface area contributed by atoms with Crippen LogP contribution in [-0.4, -0.2) is 27.1 Å². The number of pyridine rings is 1. The molecule has 0 radical (unpaired) electrons. The lowest BCUT2D eigenvalue weighted by Crippen LogP contribution is -2.30. The average Bonchev–Trinajstić information content (AvgIpc) is 2.96. The number of para-hydroxylation sites is 2. The van der Waals surface area contributed by atoms with Crippen LogP contribution in [0.25, 0.3) is 11.0 Å². The number of hydrogen-bond donors (Lipinski definition) is 2. The topological polar surface area (TPSA) is 71.8 Å². The highest BCUT2D eigenvalue weighted by Gasteiger charge is 2.02. The molecule has 2 amide bonds. The number of hydrogen-bond acceptors (Lipinski definition) is 3. The van der Waals surface area contributed by atoms with Crippen molar-refractivity contribution in [3.63, 3.8) is 0 Å². The fraction of sp³-hybridized carbons (Fsp3) is 0.188. The summed E-state index contributed by atoms with van der Waals surface area (Å²) in [6.07, 6.45) is 5.95. The predicted molar refractivity (Wildman–Crippen MR) is 85.6 cm³/mol. The molecule has 2 heterocycles. The molecular weight excluding hydrogens is 278 g/mol. The van der Waals surface area contributed by atoms with Crippen LogP contribution in [0.1, 0.15) is 6.42 Å². The number of carbonyl (C=O) groups is 1. The van der Waals surface area contributed by atoms with E-state index in [1.54, 1.807) is 24.5 Å². The Kier molecular flexibility index (Phi) is 4.29. The number of amides is 2. The van der Waals surface area contributed by atoms with Crippen molar-refractivity contribution in [1.82, 2.24) is 19.9 Å². The van der Waals surface area contributed by atoms with Crippen LogP contribution < -0.4 is 10.6 Å². The molecule has 2 aromatic heterocycles. The van der Waals surface area contributed by atoms with E-state index in [0.717, 1.165) is 29.7 Å². The third-order valence-electron chi connectivity index (χ3n) is 3.33. The number of aromatic nitrogens is 3. The van der Waals surface area contributed by atoms with E-state index in [1.165, 1.54) is 0 Å². The van der Waals surface area contributed by atoms with Gasteiger partial charge >= 0.3 is 6.03 Å². The van der Waals surface area contributed by atoms with Crippen LogP contribution in [0.3, 0.4) is 0 Å². The molecule has 0 unspecified atom stereocenters. The van der Waals surface area contributed by atoms with E-state index in [-0.39, 0.29) is 6.03 Å². The Morgan fingerprint density at radius 3 is 2.82 bits per heavy atom. The van der Waals surface area contributed by atoms with Crippen molar-refractivity contribution in [1.29, 1.82) is 0 Å². The van der Waals surface area contributed by atoms with Gasteiger partial charge in [-0.2, -0.15) is 0 Å². The Labute approximate surface area is 128 Å². The Balaban J connectivity index is 1.45. The molecule has 2 N–H and O–H groups in total. The normalized spacial score (nSPS) is 10.5. The molecule has 0 saturated heterocycles. The summed E-state index contributed by atoms with van der Waals surface area (Å²) in [6, 6.07) is 11.3. The number of imidazole rings is 1. The lowest BCUT2D eigenvalue weighted by molar-refractivity contribution is 0.252. The zero-order valence-corrected chi connectivity index (χ0v) is 12.1. The second-order valence-corrected chi connectivity index (χ2v) is 4.90. The molecule has 0 spiro atoms. The minimum atomic E-state index is -0.207. The summed E-state index contributed by atoms with van der Waals surface area (Å²) < 4.78 is 2.10. The van der Waals surface area contributed by atoms with Gasteiger partial charge in [-0.15, -0.1) is 0 Å². The monoisotopic (exact) mass is 295 g/mol.